The molecule has 0 aliphatic rings. The van der Waals surface area contributed by atoms with E-state index in [2.05, 4.69) is 35.9 Å². The number of hydrogen-bond acceptors (Lipinski definition) is 5. The summed E-state index contributed by atoms with van der Waals surface area (Å²) in [6.07, 6.45) is 1.44. The number of carbonyl (C=O) groups excluding carboxylic acids is 1. The number of pyridine rings is 1. The van der Waals surface area contributed by atoms with E-state index in [1.54, 1.807) is 0 Å². The number of methoxy groups -OCH3 is 1. The summed E-state index contributed by atoms with van der Waals surface area (Å²) in [5.74, 6) is 1.49. The Balaban J connectivity index is 1.61. The van der Waals surface area contributed by atoms with E-state index in [1.165, 1.54) is 7.11 Å². The summed E-state index contributed by atoms with van der Waals surface area (Å²) >= 11 is 0. The highest BCUT2D eigenvalue weighted by molar-refractivity contribution is 5.84. The van der Waals surface area contributed by atoms with Gasteiger partial charge in [-0.2, -0.15) is 0 Å². The number of aromatic nitrogens is 3. The second-order valence-electron chi connectivity index (χ2n) is 5.91. The van der Waals surface area contributed by atoms with Crippen molar-refractivity contribution in [3.05, 3.63) is 60.0 Å². The van der Waals surface area contributed by atoms with Crippen LogP contribution in [-0.4, -0.2) is 40.3 Å². The molecule has 3 rings (SSSR count). The molecular formula is C19H23N7O2. The first-order chi connectivity index (χ1) is 13.7. The molecule has 0 saturated heterocycles. The Morgan fingerprint density at radius 3 is 2.71 bits per heavy atom. The molecule has 0 aliphatic heterocycles. The van der Waals surface area contributed by atoms with E-state index in [1.807, 2.05) is 60.0 Å². The van der Waals surface area contributed by atoms with Gasteiger partial charge in [0.05, 0.1) is 20.2 Å². The van der Waals surface area contributed by atoms with Crippen molar-refractivity contribution < 1.29 is 9.53 Å². The minimum Gasteiger partial charge on any atom is -0.453 e. The molecule has 3 N–H and O–H groups in total. The van der Waals surface area contributed by atoms with Crippen LogP contribution in [0, 0.1) is 0 Å². The maximum Gasteiger partial charge on any atom is 0.411 e. The number of benzene rings is 1. The maximum atomic E-state index is 11.2. The summed E-state index contributed by atoms with van der Waals surface area (Å²) in [7, 11) is 1.33. The van der Waals surface area contributed by atoms with Crippen LogP contribution in [0.1, 0.15) is 18.3 Å². The molecule has 0 atom stereocenters. The number of aliphatic imine (C=N–C) groups is 1. The summed E-state index contributed by atoms with van der Waals surface area (Å²) in [4.78, 5) is 15.8. The van der Waals surface area contributed by atoms with Crippen molar-refractivity contribution in [1.82, 2.24) is 25.2 Å². The van der Waals surface area contributed by atoms with Crippen LogP contribution in [0.4, 0.5) is 10.5 Å². The number of anilines is 1. The molecule has 2 heterocycles. The van der Waals surface area contributed by atoms with Gasteiger partial charge in [0.1, 0.15) is 0 Å². The number of ether oxygens (including phenoxy) is 1. The van der Waals surface area contributed by atoms with Gasteiger partial charge in [-0.3, -0.25) is 9.72 Å². The number of carbonyl (C=O) groups is 1. The lowest BCUT2D eigenvalue weighted by molar-refractivity contribution is 0.187. The van der Waals surface area contributed by atoms with E-state index >= 15 is 0 Å². The van der Waals surface area contributed by atoms with Gasteiger partial charge in [0, 0.05) is 18.4 Å². The van der Waals surface area contributed by atoms with Crippen LogP contribution in [-0.2, 0) is 17.8 Å². The summed E-state index contributed by atoms with van der Waals surface area (Å²) in [6, 6.07) is 13.2. The zero-order valence-corrected chi connectivity index (χ0v) is 15.8. The van der Waals surface area contributed by atoms with Gasteiger partial charge in [0.15, 0.2) is 17.4 Å². The van der Waals surface area contributed by atoms with Crippen molar-refractivity contribution in [3.8, 4) is 0 Å². The van der Waals surface area contributed by atoms with E-state index in [9.17, 15) is 4.79 Å². The highest BCUT2D eigenvalue weighted by Gasteiger charge is 2.06. The summed E-state index contributed by atoms with van der Waals surface area (Å²) < 4.78 is 6.51. The highest BCUT2D eigenvalue weighted by Crippen LogP contribution is 2.10. The third-order valence-corrected chi connectivity index (χ3v) is 3.95. The smallest absolute Gasteiger partial charge is 0.411 e. The number of rotatable bonds is 6. The summed E-state index contributed by atoms with van der Waals surface area (Å²) in [5.41, 5.74) is 2.49. The predicted molar refractivity (Wildman–Crippen MR) is 107 cm³/mol. The molecule has 0 saturated carbocycles. The molecule has 9 heteroatoms. The number of amides is 1. The molecule has 0 unspecified atom stereocenters. The van der Waals surface area contributed by atoms with Crippen LogP contribution in [0.3, 0.4) is 0 Å². The third kappa shape index (κ3) is 4.97. The number of nitrogens with one attached hydrogen (secondary N) is 3. The number of nitrogens with zero attached hydrogens (tertiary/aromatic N) is 4. The third-order valence-electron chi connectivity index (χ3n) is 3.95. The molecular weight excluding hydrogens is 358 g/mol. The van der Waals surface area contributed by atoms with Gasteiger partial charge >= 0.3 is 6.09 Å². The van der Waals surface area contributed by atoms with Crippen LogP contribution >= 0.6 is 0 Å². The van der Waals surface area contributed by atoms with E-state index in [4.69, 9.17) is 0 Å². The zero-order valence-electron chi connectivity index (χ0n) is 15.8. The van der Waals surface area contributed by atoms with Crippen LogP contribution in [0.2, 0.25) is 0 Å². The Labute approximate surface area is 162 Å². The van der Waals surface area contributed by atoms with E-state index in [0.29, 0.717) is 24.7 Å². The molecule has 0 radical (unpaired) electrons. The first kappa shape index (κ1) is 19.2. The molecule has 0 aliphatic carbocycles. The van der Waals surface area contributed by atoms with Crippen LogP contribution < -0.4 is 16.0 Å². The predicted octanol–water partition coefficient (Wildman–Crippen LogP) is 2.16. The minimum absolute atomic E-state index is 0.494. The van der Waals surface area contributed by atoms with Crippen molar-refractivity contribution in [3.63, 3.8) is 0 Å². The lowest BCUT2D eigenvalue weighted by Crippen LogP contribution is -2.37. The van der Waals surface area contributed by atoms with Gasteiger partial charge in [-0.05, 0) is 36.8 Å². The molecule has 0 spiro atoms. The second kappa shape index (κ2) is 9.36. The minimum atomic E-state index is -0.495. The first-order valence-electron chi connectivity index (χ1n) is 8.94. The lowest BCUT2D eigenvalue weighted by atomic mass is 10.2. The fraction of sp³-hybridized carbons (Fsp3) is 0.263. The molecule has 9 nitrogen and oxygen atoms in total. The fourth-order valence-corrected chi connectivity index (χ4v) is 2.55. The van der Waals surface area contributed by atoms with Crippen molar-refractivity contribution in [2.45, 2.75) is 20.0 Å². The standard InChI is InChI=1S/C19H23N7O2/c1-3-20-18(22-13-17-25-24-16-6-4-5-11-26(16)17)21-12-14-7-9-15(10-8-14)23-19(27)28-2/h4-11H,3,12-13H2,1-2H3,(H,23,27)(H2,20,21,22). The molecule has 2 aromatic heterocycles. The summed E-state index contributed by atoms with van der Waals surface area (Å²) in [5, 5.41) is 17.5. The van der Waals surface area contributed by atoms with Crippen LogP contribution in [0.25, 0.3) is 5.65 Å². The van der Waals surface area contributed by atoms with Crippen molar-refractivity contribution in [2.24, 2.45) is 4.99 Å². The van der Waals surface area contributed by atoms with E-state index in [0.717, 1.165) is 23.6 Å². The Morgan fingerprint density at radius 1 is 1.14 bits per heavy atom. The van der Waals surface area contributed by atoms with E-state index < -0.39 is 6.09 Å². The van der Waals surface area contributed by atoms with E-state index in [-0.39, 0.29) is 0 Å². The first-order valence-corrected chi connectivity index (χ1v) is 8.94. The Hall–Kier alpha value is -3.62. The average Bonchev–Trinajstić information content (AvgIpc) is 3.14. The summed E-state index contributed by atoms with van der Waals surface area (Å²) in [6.45, 7) is 3.75. The van der Waals surface area contributed by atoms with Gasteiger partial charge in [-0.1, -0.05) is 18.2 Å². The van der Waals surface area contributed by atoms with Crippen molar-refractivity contribution in [2.75, 3.05) is 19.0 Å². The van der Waals surface area contributed by atoms with Crippen LogP contribution in [0.5, 0.6) is 0 Å². The molecule has 1 amide bonds. The average molecular weight is 381 g/mol. The zero-order chi connectivity index (χ0) is 19.8. The maximum absolute atomic E-state index is 11.2. The lowest BCUT2D eigenvalue weighted by Gasteiger charge is -2.11. The molecule has 28 heavy (non-hydrogen) atoms. The van der Waals surface area contributed by atoms with Gasteiger partial charge in [0.25, 0.3) is 0 Å². The molecule has 146 valence electrons. The number of guanidine groups is 1. The topological polar surface area (TPSA) is 105 Å². The Kier molecular flexibility index (Phi) is 6.40. The second-order valence-corrected chi connectivity index (χ2v) is 5.91. The Bertz CT molecular complexity index is 950. The largest absolute Gasteiger partial charge is 0.453 e. The molecule has 0 fully saturated rings. The fourth-order valence-electron chi connectivity index (χ4n) is 2.55. The highest BCUT2D eigenvalue weighted by atomic mass is 16.5. The number of fused-ring (bicyclic) bond motifs is 1. The molecule has 0 bridgehead atoms. The normalized spacial score (nSPS) is 11.3. The monoisotopic (exact) mass is 381 g/mol. The van der Waals surface area contributed by atoms with Crippen molar-refractivity contribution in [1.29, 1.82) is 0 Å². The van der Waals surface area contributed by atoms with Crippen LogP contribution in [0.15, 0.2) is 53.7 Å². The van der Waals surface area contributed by atoms with Gasteiger partial charge in [-0.15, -0.1) is 10.2 Å². The molecule has 3 aromatic rings. The molecule has 1 aromatic carbocycles. The quantitative estimate of drug-likeness (QED) is 0.446. The van der Waals surface area contributed by atoms with Gasteiger partial charge in [-0.25, -0.2) is 9.79 Å². The van der Waals surface area contributed by atoms with Gasteiger partial charge in [0.2, 0.25) is 0 Å². The van der Waals surface area contributed by atoms with Gasteiger partial charge < -0.3 is 15.4 Å². The van der Waals surface area contributed by atoms with Crippen molar-refractivity contribution >= 4 is 23.4 Å². The number of hydrogen-bond donors (Lipinski definition) is 3. The Morgan fingerprint density at radius 2 is 1.96 bits per heavy atom. The SMILES string of the molecule is CCNC(=NCc1ccc(NC(=O)OC)cc1)NCc1nnc2ccccn12.